The van der Waals surface area contributed by atoms with Crippen molar-refractivity contribution in [1.82, 2.24) is 19.5 Å². The van der Waals surface area contributed by atoms with E-state index >= 15 is 0 Å². The summed E-state index contributed by atoms with van der Waals surface area (Å²) in [6, 6.07) is 8.25. The molecule has 4 rings (SSSR count). The van der Waals surface area contributed by atoms with Crippen molar-refractivity contribution in [2.75, 3.05) is 13.1 Å². The first kappa shape index (κ1) is 14.4. The van der Waals surface area contributed by atoms with E-state index in [1.54, 1.807) is 18.3 Å². The largest absolute Gasteiger partial charge is 0.342 e. The number of piperidine rings is 1. The molecule has 0 aliphatic carbocycles. The van der Waals surface area contributed by atoms with Gasteiger partial charge in [-0.1, -0.05) is 6.07 Å². The fraction of sp³-hybridized carbons (Fsp3) is 0.353. The van der Waals surface area contributed by atoms with E-state index in [1.807, 2.05) is 21.7 Å². The Morgan fingerprint density at radius 3 is 3.04 bits per heavy atom. The van der Waals surface area contributed by atoms with Gasteiger partial charge >= 0.3 is 0 Å². The highest BCUT2D eigenvalue weighted by molar-refractivity contribution is 7.13. The predicted octanol–water partition coefficient (Wildman–Crippen LogP) is 3.18. The fourth-order valence-electron chi connectivity index (χ4n) is 3.14. The molecule has 0 bridgehead atoms. The van der Waals surface area contributed by atoms with Crippen LogP contribution in [0.15, 0.2) is 35.8 Å². The Balaban J connectivity index is 1.65. The Hall–Kier alpha value is -2.21. The summed E-state index contributed by atoms with van der Waals surface area (Å²) in [5, 5.41) is 6.75. The molecular weight excluding hydrogens is 308 g/mol. The molecular formula is C17H18N4OS. The Labute approximate surface area is 138 Å². The van der Waals surface area contributed by atoms with E-state index in [9.17, 15) is 4.79 Å². The lowest BCUT2D eigenvalue weighted by Crippen LogP contribution is -2.37. The molecule has 1 atom stereocenters. The number of amides is 1. The van der Waals surface area contributed by atoms with E-state index in [0.717, 1.165) is 43.0 Å². The summed E-state index contributed by atoms with van der Waals surface area (Å²) in [6.07, 6.45) is 4.09. The molecule has 3 aromatic rings. The molecule has 0 N–H and O–H groups in total. The van der Waals surface area contributed by atoms with Gasteiger partial charge in [-0.15, -0.1) is 11.3 Å². The van der Waals surface area contributed by atoms with Crippen molar-refractivity contribution in [2.45, 2.75) is 25.7 Å². The molecule has 1 aliphatic rings. The predicted molar refractivity (Wildman–Crippen MR) is 90.5 cm³/mol. The highest BCUT2D eigenvalue weighted by Gasteiger charge is 2.25. The number of likely N-dealkylation sites (tertiary alicyclic amines) is 1. The molecule has 3 aromatic heterocycles. The number of carbonyl (C=O) groups excluding carboxylic acids is 1. The number of fused-ring (bicyclic) bond motifs is 1. The molecule has 0 aromatic carbocycles. The van der Waals surface area contributed by atoms with Crippen LogP contribution in [0.5, 0.6) is 0 Å². The van der Waals surface area contributed by atoms with Crippen molar-refractivity contribution in [3.05, 3.63) is 41.7 Å². The lowest BCUT2D eigenvalue weighted by atomic mass is 9.97. The van der Waals surface area contributed by atoms with Crippen LogP contribution in [0.2, 0.25) is 0 Å². The van der Waals surface area contributed by atoms with Gasteiger partial charge < -0.3 is 4.90 Å². The number of aromatic nitrogens is 3. The minimum atomic E-state index is 0.137. The van der Waals surface area contributed by atoms with Crippen molar-refractivity contribution < 1.29 is 4.79 Å². The minimum absolute atomic E-state index is 0.137. The van der Waals surface area contributed by atoms with Crippen LogP contribution in [0.4, 0.5) is 0 Å². The Morgan fingerprint density at radius 2 is 2.26 bits per heavy atom. The standard InChI is InChI=1S/C17H18N4OS/c1-12(22)20-8-2-4-14(10-20)17-18-16-7-6-13(11-21(16)19-17)15-5-3-9-23-15/h3,5-7,9,11,14H,2,4,8,10H2,1H3/t14-/m1/s1. The number of rotatable bonds is 2. The molecule has 118 valence electrons. The lowest BCUT2D eigenvalue weighted by molar-refractivity contribution is -0.130. The molecule has 0 spiro atoms. The van der Waals surface area contributed by atoms with Crippen LogP contribution in [-0.4, -0.2) is 38.5 Å². The van der Waals surface area contributed by atoms with Crippen molar-refractivity contribution in [3.63, 3.8) is 0 Å². The van der Waals surface area contributed by atoms with E-state index in [-0.39, 0.29) is 11.8 Å². The summed E-state index contributed by atoms with van der Waals surface area (Å²) < 4.78 is 1.86. The third-order valence-corrected chi connectivity index (χ3v) is 5.30. The van der Waals surface area contributed by atoms with Gasteiger partial charge in [0.25, 0.3) is 0 Å². The highest BCUT2D eigenvalue weighted by atomic mass is 32.1. The molecule has 0 unspecified atom stereocenters. The monoisotopic (exact) mass is 326 g/mol. The lowest BCUT2D eigenvalue weighted by Gasteiger charge is -2.30. The van der Waals surface area contributed by atoms with Crippen LogP contribution in [0.1, 0.15) is 31.5 Å². The summed E-state index contributed by atoms with van der Waals surface area (Å²) in [5.41, 5.74) is 2.01. The first-order valence-corrected chi connectivity index (χ1v) is 8.74. The fourth-order valence-corrected chi connectivity index (χ4v) is 3.85. The zero-order valence-electron chi connectivity index (χ0n) is 13.0. The van der Waals surface area contributed by atoms with Crippen LogP contribution in [0, 0.1) is 0 Å². The average Bonchev–Trinajstić information content (AvgIpc) is 3.23. The molecule has 0 radical (unpaired) electrons. The zero-order valence-corrected chi connectivity index (χ0v) is 13.8. The van der Waals surface area contributed by atoms with Crippen molar-refractivity contribution in [1.29, 1.82) is 0 Å². The number of nitrogens with zero attached hydrogens (tertiary/aromatic N) is 4. The van der Waals surface area contributed by atoms with Crippen LogP contribution in [0.3, 0.4) is 0 Å². The summed E-state index contributed by atoms with van der Waals surface area (Å²) in [5.74, 6) is 1.22. The number of hydrogen-bond donors (Lipinski definition) is 0. The molecule has 23 heavy (non-hydrogen) atoms. The Bertz CT molecular complexity index is 840. The average molecular weight is 326 g/mol. The number of hydrogen-bond acceptors (Lipinski definition) is 4. The van der Waals surface area contributed by atoms with Crippen molar-refractivity contribution >= 4 is 22.9 Å². The quantitative estimate of drug-likeness (QED) is 0.727. The molecule has 1 amide bonds. The summed E-state index contributed by atoms with van der Waals surface area (Å²) in [6.45, 7) is 3.21. The van der Waals surface area contributed by atoms with Gasteiger partial charge in [0, 0.05) is 42.6 Å². The molecule has 0 saturated carbocycles. The second-order valence-electron chi connectivity index (χ2n) is 5.97. The van der Waals surface area contributed by atoms with E-state index < -0.39 is 0 Å². The maximum Gasteiger partial charge on any atom is 0.219 e. The van der Waals surface area contributed by atoms with Gasteiger partial charge in [0.1, 0.15) is 0 Å². The molecule has 1 fully saturated rings. The first-order valence-electron chi connectivity index (χ1n) is 7.86. The van der Waals surface area contributed by atoms with E-state index in [2.05, 4.69) is 33.7 Å². The smallest absolute Gasteiger partial charge is 0.219 e. The molecule has 1 saturated heterocycles. The maximum absolute atomic E-state index is 11.6. The molecule has 1 aliphatic heterocycles. The SMILES string of the molecule is CC(=O)N1CCC[C@@H](c2nc3ccc(-c4cccs4)cn3n2)C1. The van der Waals surface area contributed by atoms with E-state index in [1.165, 1.54) is 4.88 Å². The third-order valence-electron chi connectivity index (χ3n) is 4.38. The minimum Gasteiger partial charge on any atom is -0.342 e. The van der Waals surface area contributed by atoms with E-state index in [0.29, 0.717) is 0 Å². The van der Waals surface area contributed by atoms with Gasteiger partial charge in [0.05, 0.1) is 0 Å². The van der Waals surface area contributed by atoms with Gasteiger partial charge in [0.2, 0.25) is 5.91 Å². The van der Waals surface area contributed by atoms with Gasteiger partial charge in [-0.05, 0) is 36.4 Å². The van der Waals surface area contributed by atoms with Gasteiger partial charge in [-0.3, -0.25) is 4.79 Å². The molecule has 5 nitrogen and oxygen atoms in total. The van der Waals surface area contributed by atoms with Crippen molar-refractivity contribution in [3.8, 4) is 10.4 Å². The van der Waals surface area contributed by atoms with Crippen LogP contribution < -0.4 is 0 Å². The highest BCUT2D eigenvalue weighted by Crippen LogP contribution is 2.27. The number of pyridine rings is 1. The van der Waals surface area contributed by atoms with Crippen molar-refractivity contribution in [2.24, 2.45) is 0 Å². The van der Waals surface area contributed by atoms with Crippen LogP contribution in [0.25, 0.3) is 16.1 Å². The summed E-state index contributed by atoms with van der Waals surface area (Å²) in [7, 11) is 0. The van der Waals surface area contributed by atoms with Gasteiger partial charge in [-0.25, -0.2) is 9.50 Å². The normalized spacial score (nSPS) is 18.5. The zero-order chi connectivity index (χ0) is 15.8. The summed E-state index contributed by atoms with van der Waals surface area (Å²) in [4.78, 5) is 19.4. The van der Waals surface area contributed by atoms with Crippen LogP contribution in [-0.2, 0) is 4.79 Å². The van der Waals surface area contributed by atoms with Crippen LogP contribution >= 0.6 is 11.3 Å². The second-order valence-corrected chi connectivity index (χ2v) is 6.92. The summed E-state index contributed by atoms with van der Waals surface area (Å²) >= 11 is 1.72. The van der Waals surface area contributed by atoms with Gasteiger partial charge in [0.15, 0.2) is 11.5 Å². The first-order chi connectivity index (χ1) is 11.2. The number of carbonyl (C=O) groups is 1. The number of thiophene rings is 1. The van der Waals surface area contributed by atoms with E-state index in [4.69, 9.17) is 0 Å². The Morgan fingerprint density at radius 1 is 1.35 bits per heavy atom. The molecule has 6 heteroatoms. The van der Waals surface area contributed by atoms with Gasteiger partial charge in [-0.2, -0.15) is 5.10 Å². The topological polar surface area (TPSA) is 50.5 Å². The second kappa shape index (κ2) is 5.77. The Kier molecular flexibility index (Phi) is 3.61. The molecule has 4 heterocycles. The maximum atomic E-state index is 11.6. The third kappa shape index (κ3) is 2.74.